The van der Waals surface area contributed by atoms with Crippen molar-refractivity contribution in [1.82, 2.24) is 14.8 Å². The monoisotopic (exact) mass is 230 g/mol. The number of nitrogen functional groups attached to an aromatic ring is 1. The van der Waals surface area contributed by atoms with E-state index in [0.29, 0.717) is 5.95 Å². The van der Waals surface area contributed by atoms with Crippen LogP contribution in [-0.4, -0.2) is 32.2 Å². The highest BCUT2D eigenvalue weighted by Crippen LogP contribution is 2.23. The van der Waals surface area contributed by atoms with Crippen molar-refractivity contribution in [2.24, 2.45) is 0 Å². The Hall–Kier alpha value is -0.750. The average molecular weight is 230 g/mol. The fourth-order valence-electron chi connectivity index (χ4n) is 1.25. The number of rotatable bonds is 6. The van der Waals surface area contributed by atoms with Gasteiger partial charge in [0.05, 0.1) is 0 Å². The predicted octanol–water partition coefficient (Wildman–Crippen LogP) is 1.31. The SMILES string of the molecule is CC(C)n1c(N)nnc1SCCCCO. The Labute approximate surface area is 94.1 Å². The molecule has 0 aliphatic heterocycles. The van der Waals surface area contributed by atoms with E-state index in [-0.39, 0.29) is 12.6 Å². The summed E-state index contributed by atoms with van der Waals surface area (Å²) >= 11 is 1.63. The van der Waals surface area contributed by atoms with Crippen molar-refractivity contribution in [3.8, 4) is 0 Å². The number of aromatic nitrogens is 3. The zero-order valence-electron chi connectivity index (χ0n) is 9.18. The minimum absolute atomic E-state index is 0.250. The van der Waals surface area contributed by atoms with Gasteiger partial charge in [0.15, 0.2) is 5.16 Å². The Morgan fingerprint density at radius 3 is 2.73 bits per heavy atom. The zero-order chi connectivity index (χ0) is 11.3. The minimum Gasteiger partial charge on any atom is -0.396 e. The molecule has 0 spiro atoms. The van der Waals surface area contributed by atoms with Crippen LogP contribution in [0.1, 0.15) is 32.7 Å². The molecule has 0 atom stereocenters. The number of anilines is 1. The molecule has 15 heavy (non-hydrogen) atoms. The molecule has 1 aromatic rings. The molecule has 0 aliphatic rings. The van der Waals surface area contributed by atoms with E-state index in [2.05, 4.69) is 24.0 Å². The van der Waals surface area contributed by atoms with Gasteiger partial charge in [0.1, 0.15) is 0 Å². The van der Waals surface area contributed by atoms with E-state index in [0.717, 1.165) is 23.8 Å². The van der Waals surface area contributed by atoms with Gasteiger partial charge < -0.3 is 10.8 Å². The summed E-state index contributed by atoms with van der Waals surface area (Å²) in [5, 5.41) is 17.4. The van der Waals surface area contributed by atoms with Crippen molar-refractivity contribution in [3.05, 3.63) is 0 Å². The summed E-state index contributed by atoms with van der Waals surface area (Å²) in [5.41, 5.74) is 5.71. The van der Waals surface area contributed by atoms with Gasteiger partial charge in [0, 0.05) is 18.4 Å². The first kappa shape index (κ1) is 12.3. The Balaban J connectivity index is 2.53. The highest BCUT2D eigenvalue weighted by atomic mass is 32.2. The summed E-state index contributed by atoms with van der Waals surface area (Å²) in [6, 6.07) is 0.278. The van der Waals surface area contributed by atoms with Gasteiger partial charge in [-0.05, 0) is 26.7 Å². The molecular formula is C9H18N4OS. The predicted molar refractivity (Wildman–Crippen MR) is 61.9 cm³/mol. The van der Waals surface area contributed by atoms with Gasteiger partial charge in [-0.15, -0.1) is 10.2 Å². The van der Waals surface area contributed by atoms with E-state index in [9.17, 15) is 0 Å². The van der Waals surface area contributed by atoms with Gasteiger partial charge >= 0.3 is 0 Å². The zero-order valence-corrected chi connectivity index (χ0v) is 10.00. The lowest BCUT2D eigenvalue weighted by molar-refractivity contribution is 0.287. The van der Waals surface area contributed by atoms with E-state index in [4.69, 9.17) is 10.8 Å². The molecule has 3 N–H and O–H groups in total. The van der Waals surface area contributed by atoms with Crippen LogP contribution in [0.2, 0.25) is 0 Å². The normalized spacial score (nSPS) is 11.2. The van der Waals surface area contributed by atoms with Crippen molar-refractivity contribution >= 4 is 17.7 Å². The fourth-order valence-corrected chi connectivity index (χ4v) is 2.32. The number of hydrogen-bond acceptors (Lipinski definition) is 5. The lowest BCUT2D eigenvalue weighted by Crippen LogP contribution is -2.07. The second-order valence-electron chi connectivity index (χ2n) is 3.58. The van der Waals surface area contributed by atoms with E-state index in [1.165, 1.54) is 0 Å². The number of unbranched alkanes of at least 4 members (excludes halogenated alkanes) is 1. The molecule has 6 heteroatoms. The van der Waals surface area contributed by atoms with Crippen molar-refractivity contribution in [2.45, 2.75) is 37.9 Å². The second kappa shape index (κ2) is 5.97. The molecule has 0 aliphatic carbocycles. The largest absolute Gasteiger partial charge is 0.396 e. The molecule has 0 fully saturated rings. The summed E-state index contributed by atoms with van der Waals surface area (Å²) in [4.78, 5) is 0. The molecule has 0 bridgehead atoms. The fraction of sp³-hybridized carbons (Fsp3) is 0.778. The van der Waals surface area contributed by atoms with Crippen molar-refractivity contribution in [1.29, 1.82) is 0 Å². The van der Waals surface area contributed by atoms with E-state index in [1.807, 2.05) is 4.57 Å². The van der Waals surface area contributed by atoms with Gasteiger partial charge in [-0.25, -0.2) is 0 Å². The van der Waals surface area contributed by atoms with Crippen LogP contribution in [0.25, 0.3) is 0 Å². The Kier molecular flexibility index (Phi) is 4.90. The molecule has 0 aromatic carbocycles. The highest BCUT2D eigenvalue weighted by Gasteiger charge is 2.12. The highest BCUT2D eigenvalue weighted by molar-refractivity contribution is 7.99. The topological polar surface area (TPSA) is 77.0 Å². The molecule has 1 rings (SSSR count). The van der Waals surface area contributed by atoms with E-state index >= 15 is 0 Å². The molecular weight excluding hydrogens is 212 g/mol. The van der Waals surface area contributed by atoms with Crippen LogP contribution < -0.4 is 5.73 Å². The van der Waals surface area contributed by atoms with Crippen LogP contribution in [0, 0.1) is 0 Å². The lowest BCUT2D eigenvalue weighted by Gasteiger charge is -2.10. The lowest BCUT2D eigenvalue weighted by atomic mass is 10.4. The third-order valence-electron chi connectivity index (χ3n) is 1.99. The molecule has 0 saturated carbocycles. The van der Waals surface area contributed by atoms with Crippen LogP contribution in [0.4, 0.5) is 5.95 Å². The first-order chi connectivity index (χ1) is 7.16. The number of thioether (sulfide) groups is 1. The first-order valence-corrected chi connectivity index (χ1v) is 6.09. The Bertz CT molecular complexity index is 300. The van der Waals surface area contributed by atoms with E-state index < -0.39 is 0 Å². The Morgan fingerprint density at radius 1 is 1.40 bits per heavy atom. The molecule has 5 nitrogen and oxygen atoms in total. The van der Waals surface area contributed by atoms with Crippen LogP contribution in [0.15, 0.2) is 5.16 Å². The van der Waals surface area contributed by atoms with Crippen LogP contribution in [0.3, 0.4) is 0 Å². The Morgan fingerprint density at radius 2 is 2.13 bits per heavy atom. The van der Waals surface area contributed by atoms with Gasteiger partial charge in [-0.2, -0.15) is 0 Å². The van der Waals surface area contributed by atoms with Crippen LogP contribution in [0.5, 0.6) is 0 Å². The van der Waals surface area contributed by atoms with Gasteiger partial charge in [0.2, 0.25) is 5.95 Å². The molecule has 86 valence electrons. The molecule has 0 radical (unpaired) electrons. The molecule has 0 saturated heterocycles. The summed E-state index contributed by atoms with van der Waals surface area (Å²) < 4.78 is 1.92. The number of nitrogens with zero attached hydrogens (tertiary/aromatic N) is 3. The van der Waals surface area contributed by atoms with Crippen molar-refractivity contribution in [2.75, 3.05) is 18.1 Å². The third-order valence-corrected chi connectivity index (χ3v) is 3.02. The summed E-state index contributed by atoms with van der Waals surface area (Å²) in [7, 11) is 0. The summed E-state index contributed by atoms with van der Waals surface area (Å²) in [5.74, 6) is 1.40. The first-order valence-electron chi connectivity index (χ1n) is 5.11. The molecule has 0 unspecified atom stereocenters. The van der Waals surface area contributed by atoms with Crippen LogP contribution >= 0.6 is 11.8 Å². The third kappa shape index (κ3) is 3.39. The average Bonchev–Trinajstić information content (AvgIpc) is 2.54. The van der Waals surface area contributed by atoms with Gasteiger partial charge in [-0.1, -0.05) is 11.8 Å². The van der Waals surface area contributed by atoms with Gasteiger partial charge in [0.25, 0.3) is 0 Å². The maximum Gasteiger partial charge on any atom is 0.222 e. The maximum absolute atomic E-state index is 8.65. The molecule has 1 aromatic heterocycles. The van der Waals surface area contributed by atoms with Crippen molar-refractivity contribution < 1.29 is 5.11 Å². The quantitative estimate of drug-likeness (QED) is 0.569. The number of nitrogens with two attached hydrogens (primary N) is 1. The smallest absolute Gasteiger partial charge is 0.222 e. The number of hydrogen-bond donors (Lipinski definition) is 2. The van der Waals surface area contributed by atoms with Crippen molar-refractivity contribution in [3.63, 3.8) is 0 Å². The summed E-state index contributed by atoms with van der Waals surface area (Å²) in [6.45, 7) is 4.36. The molecule has 0 amide bonds. The number of aliphatic hydroxyl groups excluding tert-OH is 1. The number of aliphatic hydroxyl groups is 1. The van der Waals surface area contributed by atoms with E-state index in [1.54, 1.807) is 11.8 Å². The summed E-state index contributed by atoms with van der Waals surface area (Å²) in [6.07, 6.45) is 1.81. The minimum atomic E-state index is 0.250. The standard InChI is InChI=1S/C9H18N4OS/c1-7(2)13-8(10)11-12-9(13)15-6-4-3-5-14/h7,14H,3-6H2,1-2H3,(H2,10,11). The van der Waals surface area contributed by atoms with Gasteiger partial charge in [-0.3, -0.25) is 4.57 Å². The second-order valence-corrected chi connectivity index (χ2v) is 4.65. The maximum atomic E-state index is 8.65. The van der Waals surface area contributed by atoms with Crippen LogP contribution in [-0.2, 0) is 0 Å². The molecule has 1 heterocycles.